The molecule has 0 saturated carbocycles. The lowest BCUT2D eigenvalue weighted by molar-refractivity contribution is 0.364. The summed E-state index contributed by atoms with van der Waals surface area (Å²) in [5.41, 5.74) is 0.0439. The molecule has 18 heavy (non-hydrogen) atoms. The summed E-state index contributed by atoms with van der Waals surface area (Å²) < 4.78 is 84.3. The van der Waals surface area contributed by atoms with E-state index < -0.39 is 30.7 Å². The van der Waals surface area contributed by atoms with Crippen LogP contribution in [0.25, 0.3) is 0 Å². The van der Waals surface area contributed by atoms with E-state index in [-0.39, 0.29) is 23.4 Å². The Bertz CT molecular complexity index is 545. The average Bonchev–Trinajstić information content (AvgIpc) is 2.14. The van der Waals surface area contributed by atoms with Gasteiger partial charge in [0, 0.05) is 5.75 Å². The van der Waals surface area contributed by atoms with Gasteiger partial charge >= 0.3 is 10.2 Å². The van der Waals surface area contributed by atoms with Gasteiger partial charge in [-0.3, -0.25) is 0 Å². The van der Waals surface area contributed by atoms with E-state index in [1.165, 1.54) is 6.92 Å². The van der Waals surface area contributed by atoms with E-state index in [9.17, 15) is 27.8 Å². The molecule has 0 aliphatic carbocycles. The molecule has 0 fully saturated rings. The fourth-order valence-electron chi connectivity index (χ4n) is 1.20. The zero-order valence-electron chi connectivity index (χ0n) is 9.25. The molecule has 106 valence electrons. The molecule has 1 aromatic rings. The summed E-state index contributed by atoms with van der Waals surface area (Å²) in [6.07, 6.45) is 0. The normalized spacial score (nSPS) is 17.0. The molecule has 0 bridgehead atoms. The molecule has 1 rings (SSSR count). The summed E-state index contributed by atoms with van der Waals surface area (Å²) in [4.78, 5) is -2.02. The minimum atomic E-state index is -9.67. The molecule has 0 radical (unpaired) electrons. The first-order valence-electron chi connectivity index (χ1n) is 4.77. The summed E-state index contributed by atoms with van der Waals surface area (Å²) in [6.45, 7) is 1.39. The lowest BCUT2D eigenvalue weighted by Gasteiger charge is -2.40. The highest BCUT2D eigenvalue weighted by atomic mass is 32.5. The van der Waals surface area contributed by atoms with Crippen LogP contribution in [0.15, 0.2) is 29.2 Å². The van der Waals surface area contributed by atoms with Crippen molar-refractivity contribution in [3.63, 3.8) is 0 Å². The SMILES string of the molecule is CCS(=O)(=O)Cc1ccc(S(F)(F)(F)(F)F)cc1. The third kappa shape index (κ3) is 4.13. The molecule has 0 N–H and O–H groups in total. The lowest BCUT2D eigenvalue weighted by Crippen LogP contribution is -2.08. The zero-order valence-corrected chi connectivity index (χ0v) is 10.9. The Labute approximate surface area is 101 Å². The van der Waals surface area contributed by atoms with Gasteiger partial charge in [0.25, 0.3) is 0 Å². The third-order valence-corrected chi connectivity index (χ3v) is 5.01. The topological polar surface area (TPSA) is 34.1 Å². The van der Waals surface area contributed by atoms with Crippen molar-refractivity contribution in [1.29, 1.82) is 0 Å². The number of hydrogen-bond acceptors (Lipinski definition) is 2. The Balaban J connectivity index is 3.10. The van der Waals surface area contributed by atoms with Crippen molar-refractivity contribution in [3.05, 3.63) is 29.8 Å². The van der Waals surface area contributed by atoms with Crippen LogP contribution in [0.5, 0.6) is 0 Å². The average molecular weight is 310 g/mol. The molecule has 0 heterocycles. The predicted molar refractivity (Wildman–Crippen MR) is 61.0 cm³/mol. The van der Waals surface area contributed by atoms with E-state index in [1.54, 1.807) is 0 Å². The van der Waals surface area contributed by atoms with Gasteiger partial charge in [0.1, 0.15) is 4.90 Å². The van der Waals surface area contributed by atoms with E-state index in [0.29, 0.717) is 0 Å². The summed E-state index contributed by atoms with van der Waals surface area (Å²) in [7, 11) is -13.1. The molecule has 0 saturated heterocycles. The van der Waals surface area contributed by atoms with Crippen molar-refractivity contribution < 1.29 is 27.8 Å². The van der Waals surface area contributed by atoms with E-state index >= 15 is 0 Å². The van der Waals surface area contributed by atoms with Gasteiger partial charge in [-0.2, -0.15) is 0 Å². The van der Waals surface area contributed by atoms with Gasteiger partial charge in [-0.05, 0) is 17.7 Å². The number of rotatable bonds is 4. The summed E-state index contributed by atoms with van der Waals surface area (Å²) in [5.74, 6) is -0.638. The summed E-state index contributed by atoms with van der Waals surface area (Å²) in [5, 5.41) is 0. The Morgan fingerprint density at radius 2 is 1.44 bits per heavy atom. The number of hydrogen-bond donors (Lipinski definition) is 0. The van der Waals surface area contributed by atoms with Crippen molar-refractivity contribution in [2.45, 2.75) is 17.6 Å². The van der Waals surface area contributed by atoms with Gasteiger partial charge in [0.15, 0.2) is 9.84 Å². The standard InChI is InChI=1S/C9H11F5O2S2/c1-2-17(15,16)7-8-3-5-9(6-4-8)18(10,11,12,13)14/h3-6H,2,7H2,1H3. The first-order chi connectivity index (χ1) is 7.73. The molecular weight excluding hydrogens is 299 g/mol. The first-order valence-corrected chi connectivity index (χ1v) is 8.54. The van der Waals surface area contributed by atoms with Crippen molar-refractivity contribution in [3.8, 4) is 0 Å². The molecule has 0 aliphatic heterocycles. The largest absolute Gasteiger partial charge is 0.310 e. The Morgan fingerprint density at radius 3 is 1.78 bits per heavy atom. The van der Waals surface area contributed by atoms with Crippen LogP contribution < -0.4 is 0 Å². The molecule has 0 aromatic heterocycles. The highest BCUT2D eigenvalue weighted by molar-refractivity contribution is 8.45. The summed E-state index contributed by atoms with van der Waals surface area (Å²) in [6, 6.07) is 1.92. The maximum absolute atomic E-state index is 12.4. The van der Waals surface area contributed by atoms with Gasteiger partial charge in [-0.1, -0.05) is 38.5 Å². The Kier molecular flexibility index (Phi) is 3.04. The van der Waals surface area contributed by atoms with Crippen molar-refractivity contribution >= 4 is 20.1 Å². The van der Waals surface area contributed by atoms with Crippen LogP contribution in [-0.2, 0) is 15.6 Å². The fraction of sp³-hybridized carbons (Fsp3) is 0.333. The van der Waals surface area contributed by atoms with E-state index in [1.807, 2.05) is 0 Å². The van der Waals surface area contributed by atoms with Crippen LogP contribution in [0.1, 0.15) is 12.5 Å². The highest BCUT2D eigenvalue weighted by Gasteiger charge is 2.65. The lowest BCUT2D eigenvalue weighted by atomic mass is 10.2. The molecule has 1 aromatic carbocycles. The number of benzene rings is 1. The second-order valence-electron chi connectivity index (χ2n) is 3.79. The van der Waals surface area contributed by atoms with Gasteiger partial charge in [0.2, 0.25) is 0 Å². The number of halogens is 5. The quantitative estimate of drug-likeness (QED) is 0.778. The molecule has 0 atom stereocenters. The molecule has 9 heteroatoms. The molecular formula is C9H11F5O2S2. The third-order valence-electron chi connectivity index (χ3n) is 2.20. The van der Waals surface area contributed by atoms with Crippen molar-refractivity contribution in [2.24, 2.45) is 0 Å². The van der Waals surface area contributed by atoms with E-state index in [0.717, 1.165) is 12.1 Å². The molecule has 0 amide bonds. The van der Waals surface area contributed by atoms with Gasteiger partial charge < -0.3 is 0 Å². The highest BCUT2D eigenvalue weighted by Crippen LogP contribution is 3.02. The Hall–Kier alpha value is -0.830. The van der Waals surface area contributed by atoms with Crippen molar-refractivity contribution in [1.82, 2.24) is 0 Å². The minimum absolute atomic E-state index is 0.0439. The maximum atomic E-state index is 12.4. The van der Waals surface area contributed by atoms with Crippen LogP contribution in [0.4, 0.5) is 19.4 Å². The fourth-order valence-corrected chi connectivity index (χ4v) is 2.75. The van der Waals surface area contributed by atoms with Gasteiger partial charge in [0.05, 0.1) is 5.75 Å². The summed E-state index contributed by atoms with van der Waals surface area (Å²) >= 11 is 0. The van der Waals surface area contributed by atoms with Crippen LogP contribution in [-0.4, -0.2) is 14.2 Å². The molecule has 0 spiro atoms. The number of sulfone groups is 1. The minimum Gasteiger partial charge on any atom is -0.229 e. The predicted octanol–water partition coefficient (Wildman–Crippen LogP) is 4.28. The second-order valence-corrected chi connectivity index (χ2v) is 8.55. The second kappa shape index (κ2) is 3.60. The monoisotopic (exact) mass is 310 g/mol. The van der Waals surface area contributed by atoms with E-state index in [4.69, 9.17) is 0 Å². The zero-order chi connectivity index (χ0) is 14.3. The van der Waals surface area contributed by atoms with Gasteiger partial charge in [-0.25, -0.2) is 8.42 Å². The Morgan fingerprint density at radius 1 is 1.00 bits per heavy atom. The van der Waals surface area contributed by atoms with Crippen LogP contribution >= 0.6 is 10.2 Å². The van der Waals surface area contributed by atoms with Crippen LogP contribution in [0.3, 0.4) is 0 Å². The molecule has 0 unspecified atom stereocenters. The van der Waals surface area contributed by atoms with Crippen LogP contribution in [0.2, 0.25) is 0 Å². The van der Waals surface area contributed by atoms with Crippen LogP contribution in [0, 0.1) is 0 Å². The maximum Gasteiger partial charge on any atom is 0.310 e. The van der Waals surface area contributed by atoms with E-state index in [2.05, 4.69) is 0 Å². The smallest absolute Gasteiger partial charge is 0.229 e. The molecule has 2 nitrogen and oxygen atoms in total. The van der Waals surface area contributed by atoms with Crippen molar-refractivity contribution in [2.75, 3.05) is 5.75 Å². The van der Waals surface area contributed by atoms with Gasteiger partial charge in [-0.15, -0.1) is 0 Å². The first kappa shape index (κ1) is 15.2. The molecule has 0 aliphatic rings.